The number of aromatic nitrogens is 1. The summed E-state index contributed by atoms with van der Waals surface area (Å²) in [6.07, 6.45) is 1.33. The highest BCUT2D eigenvalue weighted by molar-refractivity contribution is 5.83. The Hall–Kier alpha value is -2.89. The normalized spacial score (nSPS) is 10.9. The summed E-state index contributed by atoms with van der Waals surface area (Å²) in [4.78, 5) is 28.0. The van der Waals surface area contributed by atoms with Crippen molar-refractivity contribution in [3.63, 3.8) is 0 Å². The van der Waals surface area contributed by atoms with E-state index in [-0.39, 0.29) is 13.0 Å². The number of hydrogen-bond acceptors (Lipinski definition) is 3. The molecule has 0 saturated carbocycles. The zero-order chi connectivity index (χ0) is 21.6. The number of primary amides is 1. The molecule has 0 fully saturated rings. The maximum Gasteiger partial charge on any atom is 0.404 e. The number of aryl methyl sites for hydroxylation is 2. The summed E-state index contributed by atoms with van der Waals surface area (Å²) >= 11 is 0. The van der Waals surface area contributed by atoms with Crippen LogP contribution in [-0.4, -0.2) is 22.1 Å². The minimum Gasteiger partial charge on any atom is -0.465 e. The Bertz CT molecular complexity index is 874. The lowest BCUT2D eigenvalue weighted by molar-refractivity contribution is -0.117. The highest BCUT2D eigenvalue weighted by atomic mass is 16.4. The van der Waals surface area contributed by atoms with Gasteiger partial charge in [0.2, 0.25) is 5.91 Å². The maximum atomic E-state index is 11.9. The van der Waals surface area contributed by atoms with E-state index in [9.17, 15) is 14.7 Å². The third kappa shape index (κ3) is 6.04. The van der Waals surface area contributed by atoms with Crippen LogP contribution in [0.5, 0.6) is 0 Å². The van der Waals surface area contributed by atoms with Gasteiger partial charge in [0.05, 0.1) is 6.42 Å². The first-order chi connectivity index (χ1) is 13.7. The van der Waals surface area contributed by atoms with Crippen molar-refractivity contribution >= 4 is 12.0 Å². The van der Waals surface area contributed by atoms with Crippen molar-refractivity contribution in [3.8, 4) is 11.1 Å². The summed E-state index contributed by atoms with van der Waals surface area (Å²) in [5.41, 5.74) is 11.9. The van der Waals surface area contributed by atoms with Crippen molar-refractivity contribution in [1.82, 2.24) is 10.3 Å². The first kappa shape index (κ1) is 22.4. The minimum atomic E-state index is -1.09. The number of nitrogens with zero attached hydrogens (tertiary/aromatic N) is 1. The van der Waals surface area contributed by atoms with Crippen LogP contribution in [-0.2, 0) is 30.6 Å². The predicted molar refractivity (Wildman–Crippen MR) is 115 cm³/mol. The van der Waals surface area contributed by atoms with Crippen LogP contribution in [0.2, 0.25) is 0 Å². The molecule has 1 aromatic carbocycles. The molecule has 29 heavy (non-hydrogen) atoms. The number of hydrogen-bond donors (Lipinski definition) is 3. The molecule has 0 saturated heterocycles. The number of carboxylic acid groups (broad SMARTS) is 1. The van der Waals surface area contributed by atoms with E-state index < -0.39 is 12.0 Å². The van der Waals surface area contributed by atoms with E-state index in [0.29, 0.717) is 5.92 Å². The molecule has 2 rings (SSSR count). The third-order valence-corrected chi connectivity index (χ3v) is 4.77. The van der Waals surface area contributed by atoms with E-state index in [2.05, 4.69) is 26.1 Å². The van der Waals surface area contributed by atoms with Gasteiger partial charge in [0.25, 0.3) is 0 Å². The fourth-order valence-electron chi connectivity index (χ4n) is 3.56. The zero-order valence-corrected chi connectivity index (χ0v) is 17.7. The van der Waals surface area contributed by atoms with Gasteiger partial charge in [-0.1, -0.05) is 57.0 Å². The van der Waals surface area contributed by atoms with Gasteiger partial charge in [-0.25, -0.2) is 4.79 Å². The highest BCUT2D eigenvalue weighted by Crippen LogP contribution is 2.34. The second-order valence-electron chi connectivity index (χ2n) is 7.85. The number of nitrogens with two attached hydrogens (primary N) is 1. The van der Waals surface area contributed by atoms with E-state index in [1.54, 1.807) is 0 Å². The predicted octanol–water partition coefficient (Wildman–Crippen LogP) is 4.00. The van der Waals surface area contributed by atoms with E-state index in [1.165, 1.54) is 0 Å². The van der Waals surface area contributed by atoms with Gasteiger partial charge in [-0.2, -0.15) is 0 Å². The fourth-order valence-corrected chi connectivity index (χ4v) is 3.56. The van der Waals surface area contributed by atoms with Crippen molar-refractivity contribution in [2.45, 2.75) is 59.9 Å². The van der Waals surface area contributed by atoms with Gasteiger partial charge in [-0.05, 0) is 42.4 Å². The molecule has 0 aliphatic carbocycles. The van der Waals surface area contributed by atoms with Crippen LogP contribution in [0.15, 0.2) is 24.3 Å². The number of carbonyl (C=O) groups is 2. The molecular formula is C23H31N3O3. The number of pyridine rings is 1. The lowest BCUT2D eigenvalue weighted by Crippen LogP contribution is -2.24. The molecule has 0 unspecified atom stereocenters. The largest absolute Gasteiger partial charge is 0.465 e. The molecular weight excluding hydrogens is 366 g/mol. The smallest absolute Gasteiger partial charge is 0.404 e. The molecule has 2 amide bonds. The van der Waals surface area contributed by atoms with Crippen LogP contribution in [0.1, 0.15) is 55.3 Å². The summed E-state index contributed by atoms with van der Waals surface area (Å²) in [5.74, 6) is -0.0697. The Balaban J connectivity index is 2.84. The highest BCUT2D eigenvalue weighted by Gasteiger charge is 2.22. The second-order valence-corrected chi connectivity index (χ2v) is 7.85. The van der Waals surface area contributed by atoms with E-state index in [1.807, 2.05) is 31.2 Å². The third-order valence-electron chi connectivity index (χ3n) is 4.77. The standard InChI is InChI=1S/C23H31N3O3/c1-5-6-19-17(12-21(24)27)22(16-9-7-15(4)8-10-16)18(13-25-23(28)29)20(26-19)11-14(2)3/h7-10,14,25H,5-6,11-13H2,1-4H3,(H2,24,27)(H,28,29). The van der Waals surface area contributed by atoms with Crippen LogP contribution >= 0.6 is 0 Å². The average molecular weight is 398 g/mol. The molecule has 1 aromatic heterocycles. The van der Waals surface area contributed by atoms with Crippen molar-refractivity contribution in [3.05, 3.63) is 52.3 Å². The SMILES string of the molecule is CCCc1nc(CC(C)C)c(CNC(=O)O)c(-c2ccc(C)cc2)c1CC(N)=O. The summed E-state index contributed by atoms with van der Waals surface area (Å²) < 4.78 is 0. The van der Waals surface area contributed by atoms with Crippen LogP contribution in [0, 0.1) is 12.8 Å². The van der Waals surface area contributed by atoms with Gasteiger partial charge in [-0.15, -0.1) is 0 Å². The summed E-state index contributed by atoms with van der Waals surface area (Å²) in [6.45, 7) is 8.44. The van der Waals surface area contributed by atoms with Gasteiger partial charge in [0.15, 0.2) is 0 Å². The van der Waals surface area contributed by atoms with E-state index in [4.69, 9.17) is 10.7 Å². The van der Waals surface area contributed by atoms with Gasteiger partial charge in [0.1, 0.15) is 0 Å². The number of nitrogens with one attached hydrogen (secondary N) is 1. The summed E-state index contributed by atoms with van der Waals surface area (Å²) in [7, 11) is 0. The van der Waals surface area contributed by atoms with E-state index in [0.717, 1.165) is 58.5 Å². The molecule has 4 N–H and O–H groups in total. The van der Waals surface area contributed by atoms with Crippen molar-refractivity contribution in [1.29, 1.82) is 0 Å². The van der Waals surface area contributed by atoms with Crippen LogP contribution in [0.3, 0.4) is 0 Å². The average Bonchev–Trinajstić information content (AvgIpc) is 2.62. The second kappa shape index (κ2) is 10.0. The van der Waals surface area contributed by atoms with Crippen molar-refractivity contribution in [2.75, 3.05) is 0 Å². The molecule has 6 nitrogen and oxygen atoms in total. The quantitative estimate of drug-likeness (QED) is 0.594. The number of rotatable bonds is 9. The van der Waals surface area contributed by atoms with Crippen LogP contribution in [0.4, 0.5) is 4.79 Å². The number of benzene rings is 1. The Morgan fingerprint density at radius 2 is 1.79 bits per heavy atom. The first-order valence-corrected chi connectivity index (χ1v) is 10.1. The van der Waals surface area contributed by atoms with Gasteiger partial charge >= 0.3 is 6.09 Å². The first-order valence-electron chi connectivity index (χ1n) is 10.1. The van der Waals surface area contributed by atoms with Gasteiger partial charge < -0.3 is 16.2 Å². The van der Waals surface area contributed by atoms with Gasteiger partial charge in [0, 0.05) is 23.5 Å². The topological polar surface area (TPSA) is 105 Å². The molecule has 0 atom stereocenters. The Morgan fingerprint density at radius 1 is 1.14 bits per heavy atom. The Kier molecular flexibility index (Phi) is 7.76. The maximum absolute atomic E-state index is 11.9. The molecule has 0 bridgehead atoms. The lowest BCUT2D eigenvalue weighted by Gasteiger charge is -2.22. The fraction of sp³-hybridized carbons (Fsp3) is 0.435. The molecule has 0 spiro atoms. The summed E-state index contributed by atoms with van der Waals surface area (Å²) in [5, 5.41) is 11.7. The van der Waals surface area contributed by atoms with E-state index >= 15 is 0 Å². The number of amides is 2. The molecule has 0 radical (unpaired) electrons. The Morgan fingerprint density at radius 3 is 2.31 bits per heavy atom. The van der Waals surface area contributed by atoms with Crippen LogP contribution < -0.4 is 11.1 Å². The molecule has 0 aliphatic rings. The molecule has 1 heterocycles. The minimum absolute atomic E-state index is 0.0770. The molecule has 156 valence electrons. The van der Waals surface area contributed by atoms with Crippen LogP contribution in [0.25, 0.3) is 11.1 Å². The molecule has 0 aliphatic heterocycles. The molecule has 6 heteroatoms. The Labute approximate surface area is 172 Å². The zero-order valence-electron chi connectivity index (χ0n) is 17.7. The monoisotopic (exact) mass is 397 g/mol. The van der Waals surface area contributed by atoms with Crippen molar-refractivity contribution < 1.29 is 14.7 Å². The van der Waals surface area contributed by atoms with Gasteiger partial charge in [-0.3, -0.25) is 9.78 Å². The lowest BCUT2D eigenvalue weighted by atomic mass is 9.87. The molecule has 2 aromatic rings. The number of carbonyl (C=O) groups excluding carboxylic acids is 1. The van der Waals surface area contributed by atoms with Crippen molar-refractivity contribution in [2.24, 2.45) is 11.7 Å². The summed E-state index contributed by atoms with van der Waals surface area (Å²) in [6, 6.07) is 8.04.